The predicted octanol–water partition coefficient (Wildman–Crippen LogP) is 3.85. The minimum atomic E-state index is -0.169. The minimum absolute atomic E-state index is 0.169. The highest BCUT2D eigenvalue weighted by Crippen LogP contribution is 2.24. The maximum atomic E-state index is 11.9. The van der Waals surface area contributed by atoms with Gasteiger partial charge in [-0.25, -0.2) is 9.48 Å². The fourth-order valence-corrected chi connectivity index (χ4v) is 2.51. The summed E-state index contributed by atoms with van der Waals surface area (Å²) in [6, 6.07) is 15.3. The van der Waals surface area contributed by atoms with Gasteiger partial charge in [-0.05, 0) is 42.8 Å². The lowest BCUT2D eigenvalue weighted by molar-refractivity contribution is 0.230. The zero-order valence-corrected chi connectivity index (χ0v) is 15.1. The summed E-state index contributed by atoms with van der Waals surface area (Å²) in [7, 11) is 3.41. The lowest BCUT2D eigenvalue weighted by Crippen LogP contribution is -2.27. The SMILES string of the molecule is Cc1cc(-n2cccn2)ccc1OCc1ccccc1NC(=O)N(C)C. The number of carbonyl (C=O) groups excluding carboxylic acids is 1. The second-order valence-corrected chi connectivity index (χ2v) is 6.17. The molecule has 3 aromatic rings. The number of hydrogen-bond donors (Lipinski definition) is 1. The molecule has 0 fully saturated rings. The molecular formula is C20H22N4O2. The topological polar surface area (TPSA) is 59.4 Å². The lowest BCUT2D eigenvalue weighted by Gasteiger charge is -2.16. The molecule has 0 aliphatic rings. The maximum absolute atomic E-state index is 11.9. The molecule has 0 spiro atoms. The quantitative estimate of drug-likeness (QED) is 0.760. The summed E-state index contributed by atoms with van der Waals surface area (Å²) in [5, 5.41) is 7.12. The normalized spacial score (nSPS) is 10.4. The average Bonchev–Trinajstić information content (AvgIpc) is 3.16. The number of rotatable bonds is 5. The molecule has 1 N–H and O–H groups in total. The van der Waals surface area contributed by atoms with E-state index in [1.165, 1.54) is 4.90 Å². The molecule has 1 heterocycles. The number of benzene rings is 2. The van der Waals surface area contributed by atoms with Crippen molar-refractivity contribution < 1.29 is 9.53 Å². The van der Waals surface area contributed by atoms with E-state index in [4.69, 9.17) is 4.74 Å². The average molecular weight is 350 g/mol. The molecule has 26 heavy (non-hydrogen) atoms. The molecule has 0 aliphatic carbocycles. The summed E-state index contributed by atoms with van der Waals surface area (Å²) in [6.45, 7) is 2.37. The van der Waals surface area contributed by atoms with Gasteiger partial charge in [-0.1, -0.05) is 18.2 Å². The number of hydrogen-bond acceptors (Lipinski definition) is 3. The molecule has 0 aliphatic heterocycles. The van der Waals surface area contributed by atoms with Gasteiger partial charge in [-0.2, -0.15) is 5.10 Å². The highest BCUT2D eigenvalue weighted by molar-refractivity contribution is 5.89. The van der Waals surface area contributed by atoms with Crippen LogP contribution in [0, 0.1) is 6.92 Å². The van der Waals surface area contributed by atoms with Gasteiger partial charge in [0.15, 0.2) is 0 Å². The molecular weight excluding hydrogens is 328 g/mol. The van der Waals surface area contributed by atoms with Gasteiger partial charge < -0.3 is 15.0 Å². The molecule has 2 amide bonds. The van der Waals surface area contributed by atoms with Crippen LogP contribution in [-0.2, 0) is 6.61 Å². The van der Waals surface area contributed by atoms with Crippen LogP contribution in [0.15, 0.2) is 60.9 Å². The molecule has 1 aromatic heterocycles. The second-order valence-electron chi connectivity index (χ2n) is 6.17. The number of urea groups is 1. The van der Waals surface area contributed by atoms with Crippen LogP contribution in [0.25, 0.3) is 5.69 Å². The number of aryl methyl sites for hydroxylation is 1. The van der Waals surface area contributed by atoms with Crippen LogP contribution in [-0.4, -0.2) is 34.8 Å². The molecule has 0 saturated heterocycles. The van der Waals surface area contributed by atoms with E-state index in [0.29, 0.717) is 6.61 Å². The third kappa shape index (κ3) is 4.03. The molecule has 0 bridgehead atoms. The van der Waals surface area contributed by atoms with Gasteiger partial charge in [-0.15, -0.1) is 0 Å². The van der Waals surface area contributed by atoms with E-state index in [1.54, 1.807) is 20.3 Å². The summed E-state index contributed by atoms with van der Waals surface area (Å²) in [5.74, 6) is 0.801. The third-order valence-electron chi connectivity index (χ3n) is 3.98. The first-order chi connectivity index (χ1) is 12.5. The van der Waals surface area contributed by atoms with Gasteiger partial charge in [-0.3, -0.25) is 0 Å². The number of aromatic nitrogens is 2. The van der Waals surface area contributed by atoms with Crippen molar-refractivity contribution in [3.05, 3.63) is 72.1 Å². The smallest absolute Gasteiger partial charge is 0.321 e. The number of anilines is 1. The van der Waals surface area contributed by atoms with Crippen molar-refractivity contribution in [1.29, 1.82) is 0 Å². The van der Waals surface area contributed by atoms with E-state index in [2.05, 4.69) is 10.4 Å². The third-order valence-corrected chi connectivity index (χ3v) is 3.98. The first-order valence-electron chi connectivity index (χ1n) is 8.34. The molecule has 0 unspecified atom stereocenters. The van der Waals surface area contributed by atoms with Crippen molar-refractivity contribution in [2.75, 3.05) is 19.4 Å². The van der Waals surface area contributed by atoms with Gasteiger partial charge in [0.25, 0.3) is 0 Å². The lowest BCUT2D eigenvalue weighted by atomic mass is 10.1. The van der Waals surface area contributed by atoms with Gasteiger partial charge in [0.2, 0.25) is 0 Å². The Kier molecular flexibility index (Phi) is 5.22. The van der Waals surface area contributed by atoms with Crippen LogP contribution in [0.2, 0.25) is 0 Å². The van der Waals surface area contributed by atoms with Crippen molar-refractivity contribution in [3.63, 3.8) is 0 Å². The zero-order chi connectivity index (χ0) is 18.5. The summed E-state index contributed by atoms with van der Waals surface area (Å²) < 4.78 is 7.79. The number of carbonyl (C=O) groups is 1. The highest BCUT2D eigenvalue weighted by Gasteiger charge is 2.09. The standard InChI is InChI=1S/C20H22N4O2/c1-15-13-17(24-12-6-11-21-24)9-10-19(15)26-14-16-7-4-5-8-18(16)22-20(25)23(2)3/h4-13H,14H2,1-3H3,(H,22,25). The van der Waals surface area contributed by atoms with Crippen LogP contribution in [0.4, 0.5) is 10.5 Å². The van der Waals surface area contributed by atoms with Crippen LogP contribution in [0.3, 0.4) is 0 Å². The number of amides is 2. The van der Waals surface area contributed by atoms with E-state index in [-0.39, 0.29) is 6.03 Å². The molecule has 0 atom stereocenters. The molecule has 0 radical (unpaired) electrons. The van der Waals surface area contributed by atoms with E-state index in [9.17, 15) is 4.79 Å². The summed E-state index contributed by atoms with van der Waals surface area (Å²) >= 11 is 0. The Morgan fingerprint density at radius 2 is 2.00 bits per heavy atom. The fraction of sp³-hybridized carbons (Fsp3) is 0.200. The number of para-hydroxylation sites is 1. The number of ether oxygens (including phenoxy) is 1. The molecule has 6 heteroatoms. The molecule has 3 rings (SSSR count). The van der Waals surface area contributed by atoms with Crippen LogP contribution in [0.5, 0.6) is 5.75 Å². The Morgan fingerprint density at radius 1 is 1.19 bits per heavy atom. The van der Waals surface area contributed by atoms with Crippen molar-refractivity contribution in [1.82, 2.24) is 14.7 Å². The Hall–Kier alpha value is -3.28. The largest absolute Gasteiger partial charge is 0.489 e. The van der Waals surface area contributed by atoms with E-state index >= 15 is 0 Å². The zero-order valence-electron chi connectivity index (χ0n) is 15.1. The molecule has 6 nitrogen and oxygen atoms in total. The molecule has 2 aromatic carbocycles. The minimum Gasteiger partial charge on any atom is -0.489 e. The first kappa shape index (κ1) is 17.5. The Bertz CT molecular complexity index is 889. The molecule has 134 valence electrons. The van der Waals surface area contributed by atoms with Gasteiger partial charge in [0, 0.05) is 37.7 Å². The van der Waals surface area contributed by atoms with Crippen LogP contribution >= 0.6 is 0 Å². The Labute approximate surface area is 153 Å². The Morgan fingerprint density at radius 3 is 2.69 bits per heavy atom. The number of nitrogens with one attached hydrogen (secondary N) is 1. The maximum Gasteiger partial charge on any atom is 0.321 e. The van der Waals surface area contributed by atoms with Crippen molar-refractivity contribution in [3.8, 4) is 11.4 Å². The summed E-state index contributed by atoms with van der Waals surface area (Å²) in [6.07, 6.45) is 3.65. The van der Waals surface area contributed by atoms with Crippen molar-refractivity contribution in [2.24, 2.45) is 0 Å². The van der Waals surface area contributed by atoms with Crippen LogP contribution in [0.1, 0.15) is 11.1 Å². The van der Waals surface area contributed by atoms with E-state index in [1.807, 2.05) is 66.3 Å². The summed E-state index contributed by atoms with van der Waals surface area (Å²) in [5.41, 5.74) is 3.67. The monoisotopic (exact) mass is 350 g/mol. The number of nitrogens with zero attached hydrogens (tertiary/aromatic N) is 3. The van der Waals surface area contributed by atoms with Gasteiger partial charge in [0.1, 0.15) is 12.4 Å². The molecule has 0 saturated carbocycles. The Balaban J connectivity index is 1.72. The summed E-state index contributed by atoms with van der Waals surface area (Å²) in [4.78, 5) is 13.4. The second kappa shape index (κ2) is 7.74. The van der Waals surface area contributed by atoms with Crippen LogP contribution < -0.4 is 10.1 Å². The van der Waals surface area contributed by atoms with Crippen molar-refractivity contribution >= 4 is 11.7 Å². The fourth-order valence-electron chi connectivity index (χ4n) is 2.51. The van der Waals surface area contributed by atoms with E-state index < -0.39 is 0 Å². The predicted molar refractivity (Wildman–Crippen MR) is 102 cm³/mol. The van der Waals surface area contributed by atoms with Crippen molar-refractivity contribution in [2.45, 2.75) is 13.5 Å². The highest BCUT2D eigenvalue weighted by atomic mass is 16.5. The van der Waals surface area contributed by atoms with E-state index in [0.717, 1.165) is 28.3 Å². The first-order valence-corrected chi connectivity index (χ1v) is 8.34. The van der Waals surface area contributed by atoms with Gasteiger partial charge in [0.05, 0.1) is 5.69 Å². The van der Waals surface area contributed by atoms with Gasteiger partial charge >= 0.3 is 6.03 Å².